The Labute approximate surface area is 118 Å². The summed E-state index contributed by atoms with van der Waals surface area (Å²) in [4.78, 5) is 13.7. The van der Waals surface area contributed by atoms with Crippen LogP contribution in [0, 0.1) is 0 Å². The molecule has 1 heterocycles. The lowest BCUT2D eigenvalue weighted by atomic mass is 10.3. The van der Waals surface area contributed by atoms with Crippen molar-refractivity contribution in [2.45, 2.75) is 12.5 Å². The molecule has 1 aliphatic rings. The zero-order valence-corrected chi connectivity index (χ0v) is 11.8. The molecule has 1 fully saturated rings. The van der Waals surface area contributed by atoms with Crippen molar-refractivity contribution in [2.24, 2.45) is 5.10 Å². The van der Waals surface area contributed by atoms with Crippen molar-refractivity contribution in [3.8, 4) is 5.75 Å². The van der Waals surface area contributed by atoms with Crippen LogP contribution in [0.25, 0.3) is 0 Å². The number of hydrogen-bond donors (Lipinski definition) is 2. The molecule has 2 rings (SSSR count). The number of nitrogens with one attached hydrogen (secondary N) is 2. The predicted molar refractivity (Wildman–Crippen MR) is 77.6 cm³/mol. The van der Waals surface area contributed by atoms with E-state index in [9.17, 15) is 4.79 Å². The Balaban J connectivity index is 1.97. The predicted octanol–water partition coefficient (Wildman–Crippen LogP) is 0.419. The van der Waals surface area contributed by atoms with Crippen molar-refractivity contribution in [2.75, 3.05) is 27.2 Å². The van der Waals surface area contributed by atoms with Gasteiger partial charge < -0.3 is 20.4 Å². The smallest absolute Gasteiger partial charge is 0.288 e. The number of likely N-dealkylation sites (tertiary alicyclic amines) is 1. The van der Waals surface area contributed by atoms with Gasteiger partial charge in [0.1, 0.15) is 11.9 Å². The minimum atomic E-state index is -0.195. The summed E-state index contributed by atoms with van der Waals surface area (Å²) in [5, 5.41) is 6.64. The average molecular weight is 276 g/mol. The summed E-state index contributed by atoms with van der Waals surface area (Å²) < 4.78 is 5.90. The van der Waals surface area contributed by atoms with Crippen LogP contribution < -0.4 is 15.5 Å². The van der Waals surface area contributed by atoms with Gasteiger partial charge >= 0.3 is 0 Å². The Bertz CT molecular complexity index is 475. The molecule has 0 bridgehead atoms. The second-order valence-electron chi connectivity index (χ2n) is 4.53. The van der Waals surface area contributed by atoms with Crippen LogP contribution in [0.2, 0.25) is 0 Å². The average Bonchev–Trinajstić information content (AvgIpc) is 2.93. The van der Waals surface area contributed by atoms with E-state index in [0.29, 0.717) is 12.4 Å². The van der Waals surface area contributed by atoms with Crippen LogP contribution in [-0.4, -0.2) is 49.9 Å². The van der Waals surface area contributed by atoms with E-state index < -0.39 is 0 Å². The van der Waals surface area contributed by atoms with Crippen molar-refractivity contribution in [3.63, 3.8) is 0 Å². The van der Waals surface area contributed by atoms with Gasteiger partial charge in [0.15, 0.2) is 0 Å². The zero-order valence-electron chi connectivity index (χ0n) is 11.8. The van der Waals surface area contributed by atoms with Crippen molar-refractivity contribution < 1.29 is 9.53 Å². The second kappa shape index (κ2) is 6.79. The minimum absolute atomic E-state index is 0.0733. The van der Waals surface area contributed by atoms with Crippen LogP contribution >= 0.6 is 0 Å². The Morgan fingerprint density at radius 2 is 2.10 bits per heavy atom. The van der Waals surface area contributed by atoms with Gasteiger partial charge in [-0.3, -0.25) is 4.79 Å². The normalized spacial score (nSPS) is 18.8. The fourth-order valence-electron chi connectivity index (χ4n) is 2.19. The summed E-state index contributed by atoms with van der Waals surface area (Å²) in [6, 6.07) is 9.71. The third-order valence-corrected chi connectivity index (χ3v) is 3.14. The van der Waals surface area contributed by atoms with Gasteiger partial charge in [0.05, 0.1) is 6.54 Å². The molecular weight excluding hydrogens is 256 g/mol. The van der Waals surface area contributed by atoms with Crippen LogP contribution in [0.4, 0.5) is 0 Å². The fraction of sp³-hybridized carbons (Fsp3) is 0.429. The van der Waals surface area contributed by atoms with Crippen LogP contribution in [0.1, 0.15) is 6.42 Å². The number of hydrazone groups is 1. The molecule has 1 amide bonds. The number of rotatable bonds is 3. The third kappa shape index (κ3) is 3.40. The minimum Gasteiger partial charge on any atom is -0.489 e. The number of likely N-dealkylation sites (N-methyl/N-ethyl adjacent to an activating group) is 1. The number of amidine groups is 1. The number of amides is 1. The van der Waals surface area contributed by atoms with Crippen molar-refractivity contribution in [1.29, 1.82) is 0 Å². The lowest BCUT2D eigenvalue weighted by Crippen LogP contribution is -2.42. The molecule has 0 aliphatic carbocycles. The molecule has 0 aromatic heterocycles. The second-order valence-corrected chi connectivity index (χ2v) is 4.53. The molecule has 108 valence electrons. The van der Waals surface area contributed by atoms with Crippen LogP contribution in [-0.2, 0) is 4.79 Å². The Hall–Kier alpha value is -2.24. The highest BCUT2D eigenvalue weighted by Gasteiger charge is 2.29. The van der Waals surface area contributed by atoms with Gasteiger partial charge in [-0.25, -0.2) is 0 Å². The quantitative estimate of drug-likeness (QED) is 0.477. The first-order valence-electron chi connectivity index (χ1n) is 6.67. The van der Waals surface area contributed by atoms with Crippen molar-refractivity contribution >= 4 is 11.7 Å². The van der Waals surface area contributed by atoms with Gasteiger partial charge in [0.2, 0.25) is 5.84 Å². The van der Waals surface area contributed by atoms with Gasteiger partial charge in [-0.05, 0) is 12.1 Å². The SMILES string of the molecule is CN/N=C(\C(=O)NC)N1CCC(Oc2ccccc2)C1. The van der Waals surface area contributed by atoms with Gasteiger partial charge in [-0.15, -0.1) is 0 Å². The summed E-state index contributed by atoms with van der Waals surface area (Å²) in [6.07, 6.45) is 0.943. The highest BCUT2D eigenvalue weighted by Crippen LogP contribution is 2.18. The first-order chi connectivity index (χ1) is 9.74. The van der Waals surface area contributed by atoms with Crippen molar-refractivity contribution in [3.05, 3.63) is 30.3 Å². The zero-order chi connectivity index (χ0) is 14.4. The maximum absolute atomic E-state index is 11.8. The Kier molecular flexibility index (Phi) is 4.81. The van der Waals surface area contributed by atoms with Crippen molar-refractivity contribution in [1.82, 2.24) is 15.6 Å². The summed E-state index contributed by atoms with van der Waals surface area (Å²) in [5.74, 6) is 1.06. The first kappa shape index (κ1) is 14.2. The number of nitrogens with zero attached hydrogens (tertiary/aromatic N) is 2. The van der Waals surface area contributed by atoms with E-state index in [2.05, 4.69) is 15.8 Å². The number of para-hydroxylation sites is 1. The largest absolute Gasteiger partial charge is 0.489 e. The molecule has 1 unspecified atom stereocenters. The molecule has 6 nitrogen and oxygen atoms in total. The summed E-state index contributed by atoms with van der Waals surface area (Å²) in [5.41, 5.74) is 2.67. The number of benzene rings is 1. The molecular formula is C14H20N4O2. The summed E-state index contributed by atoms with van der Waals surface area (Å²) in [6.45, 7) is 1.41. The van der Waals surface area contributed by atoms with Gasteiger partial charge in [-0.1, -0.05) is 18.2 Å². The first-order valence-corrected chi connectivity index (χ1v) is 6.67. The topological polar surface area (TPSA) is 66.0 Å². The van der Waals surface area contributed by atoms with Gasteiger partial charge in [0.25, 0.3) is 5.91 Å². The number of ether oxygens (including phenoxy) is 1. The van der Waals surface area contributed by atoms with E-state index in [-0.39, 0.29) is 12.0 Å². The molecule has 0 spiro atoms. The highest BCUT2D eigenvalue weighted by molar-refractivity contribution is 6.37. The molecule has 0 radical (unpaired) electrons. The molecule has 1 saturated heterocycles. The van der Waals surface area contributed by atoms with Crippen LogP contribution in [0.15, 0.2) is 35.4 Å². The summed E-state index contributed by atoms with van der Waals surface area (Å²) in [7, 11) is 3.28. The maximum atomic E-state index is 11.8. The van der Waals surface area contributed by atoms with E-state index >= 15 is 0 Å². The Morgan fingerprint density at radius 3 is 2.75 bits per heavy atom. The van der Waals surface area contributed by atoms with E-state index in [4.69, 9.17) is 4.74 Å². The molecule has 0 saturated carbocycles. The maximum Gasteiger partial charge on any atom is 0.288 e. The molecule has 6 heteroatoms. The molecule has 1 aromatic rings. The molecule has 20 heavy (non-hydrogen) atoms. The number of carbonyl (C=O) groups is 1. The van der Waals surface area contributed by atoms with E-state index in [0.717, 1.165) is 18.7 Å². The van der Waals surface area contributed by atoms with Crippen LogP contribution in [0.3, 0.4) is 0 Å². The molecule has 1 aromatic carbocycles. The van der Waals surface area contributed by atoms with Gasteiger partial charge in [0, 0.05) is 27.1 Å². The third-order valence-electron chi connectivity index (χ3n) is 3.14. The van der Waals surface area contributed by atoms with Crippen LogP contribution in [0.5, 0.6) is 5.75 Å². The highest BCUT2D eigenvalue weighted by atomic mass is 16.5. The molecule has 1 aliphatic heterocycles. The standard InChI is InChI=1S/C14H20N4O2/c1-15-14(19)13(17-16-2)18-9-8-12(10-18)20-11-6-4-3-5-7-11/h3-7,12,16H,8-10H2,1-2H3,(H,15,19)/b17-13+. The number of carbonyl (C=O) groups excluding carboxylic acids is 1. The lowest BCUT2D eigenvalue weighted by Gasteiger charge is -2.19. The molecule has 2 N–H and O–H groups in total. The van der Waals surface area contributed by atoms with E-state index in [1.54, 1.807) is 14.1 Å². The fourth-order valence-corrected chi connectivity index (χ4v) is 2.19. The lowest BCUT2D eigenvalue weighted by molar-refractivity contribution is -0.115. The van der Waals surface area contributed by atoms with E-state index in [1.807, 2.05) is 35.2 Å². The molecule has 1 atom stereocenters. The number of hydrogen-bond acceptors (Lipinski definition) is 4. The Morgan fingerprint density at radius 1 is 1.35 bits per heavy atom. The van der Waals surface area contributed by atoms with E-state index in [1.165, 1.54) is 0 Å². The summed E-state index contributed by atoms with van der Waals surface area (Å²) >= 11 is 0. The monoisotopic (exact) mass is 276 g/mol. The van der Waals surface area contributed by atoms with Gasteiger partial charge in [-0.2, -0.15) is 5.10 Å².